The van der Waals surface area contributed by atoms with Crippen LogP contribution in [0.25, 0.3) is 0 Å². The van der Waals surface area contributed by atoms with E-state index in [4.69, 9.17) is 4.89 Å². The van der Waals surface area contributed by atoms with E-state index < -0.39 is 8.60 Å². The first-order valence-electron chi connectivity index (χ1n) is 3.24. The van der Waals surface area contributed by atoms with Crippen molar-refractivity contribution >= 4 is 8.60 Å². The molecule has 0 saturated carbocycles. The van der Waals surface area contributed by atoms with Crippen LogP contribution in [0.1, 0.15) is 5.56 Å². The second-order valence-corrected chi connectivity index (χ2v) is 3.01. The smallest absolute Gasteiger partial charge is 0.425 e. The normalized spacial score (nSPS) is 12.6. The van der Waals surface area contributed by atoms with Crippen LogP contribution >= 0.6 is 8.60 Å². The van der Waals surface area contributed by atoms with Crippen molar-refractivity contribution in [3.05, 3.63) is 29.8 Å². The summed E-state index contributed by atoms with van der Waals surface area (Å²) in [6.45, 7) is 1.91. The van der Waals surface area contributed by atoms with Crippen molar-refractivity contribution in [1.82, 2.24) is 0 Å². The van der Waals surface area contributed by atoms with Gasteiger partial charge in [-0.2, -0.15) is 0 Å². The van der Waals surface area contributed by atoms with Gasteiger partial charge in [-0.1, -0.05) is 22.4 Å². The Morgan fingerprint density at radius 2 is 1.92 bits per heavy atom. The molecule has 0 saturated heterocycles. The van der Waals surface area contributed by atoms with Crippen molar-refractivity contribution in [2.75, 3.05) is 0 Å². The molecule has 0 bridgehead atoms. The lowest BCUT2D eigenvalue weighted by molar-refractivity contribution is -0.0177. The van der Waals surface area contributed by atoms with E-state index in [-0.39, 0.29) is 0 Å². The van der Waals surface area contributed by atoms with Gasteiger partial charge in [0.15, 0.2) is 0 Å². The van der Waals surface area contributed by atoms with E-state index in [9.17, 15) is 4.53 Å². The molecule has 1 atom stereocenters. The lowest BCUT2D eigenvalue weighted by Crippen LogP contribution is -1.85. The van der Waals surface area contributed by atoms with Crippen LogP contribution in [0.5, 0.6) is 5.75 Å². The standard InChI is InChI=1S/C7H8FO3P/c1-6-2-4-7(5-3-6)10-12(9)11-8/h2-5,9H,1H3. The minimum absolute atomic E-state index is 0.381. The Morgan fingerprint density at radius 1 is 1.33 bits per heavy atom. The molecule has 1 rings (SSSR count). The molecule has 0 aliphatic carbocycles. The predicted octanol–water partition coefficient (Wildman–Crippen LogP) is 2.49. The van der Waals surface area contributed by atoms with E-state index in [0.29, 0.717) is 5.75 Å². The summed E-state index contributed by atoms with van der Waals surface area (Å²) in [7, 11) is -2.43. The zero-order valence-electron chi connectivity index (χ0n) is 6.40. The van der Waals surface area contributed by atoms with E-state index in [0.717, 1.165) is 5.56 Å². The maximum absolute atomic E-state index is 11.3. The van der Waals surface area contributed by atoms with Gasteiger partial charge in [-0.15, -0.1) is 0 Å². The fourth-order valence-electron chi connectivity index (χ4n) is 0.703. The van der Waals surface area contributed by atoms with Gasteiger partial charge in [0.25, 0.3) is 0 Å². The Hall–Kier alpha value is -0.700. The molecule has 66 valence electrons. The Kier molecular flexibility index (Phi) is 3.41. The molecule has 0 radical (unpaired) electrons. The fraction of sp³-hybridized carbons (Fsp3) is 0.143. The van der Waals surface area contributed by atoms with Gasteiger partial charge in [0, 0.05) is 0 Å². The monoisotopic (exact) mass is 190 g/mol. The quantitative estimate of drug-likeness (QED) is 0.744. The second-order valence-electron chi connectivity index (χ2n) is 2.21. The SMILES string of the molecule is Cc1ccc(OP(O)OF)cc1. The van der Waals surface area contributed by atoms with E-state index in [1.54, 1.807) is 24.3 Å². The van der Waals surface area contributed by atoms with Crippen LogP contribution in [0.4, 0.5) is 4.53 Å². The fourth-order valence-corrected chi connectivity index (χ4v) is 1.03. The number of halogens is 1. The Balaban J connectivity index is 2.58. The zero-order valence-corrected chi connectivity index (χ0v) is 7.29. The minimum Gasteiger partial charge on any atom is -0.425 e. The topological polar surface area (TPSA) is 38.7 Å². The van der Waals surface area contributed by atoms with Crippen LogP contribution in [0.3, 0.4) is 0 Å². The molecule has 0 spiro atoms. The summed E-state index contributed by atoms with van der Waals surface area (Å²) in [5.74, 6) is 0.381. The highest BCUT2D eigenvalue weighted by Gasteiger charge is 2.07. The van der Waals surface area contributed by atoms with Crippen molar-refractivity contribution in [2.45, 2.75) is 6.92 Å². The predicted molar refractivity (Wildman–Crippen MR) is 43.1 cm³/mol. The molecule has 5 heteroatoms. The van der Waals surface area contributed by atoms with Crippen LogP contribution < -0.4 is 4.52 Å². The first kappa shape index (κ1) is 9.39. The molecular weight excluding hydrogens is 182 g/mol. The first-order chi connectivity index (χ1) is 5.72. The number of aryl methyl sites for hydroxylation is 1. The van der Waals surface area contributed by atoms with Gasteiger partial charge in [0.05, 0.1) is 0 Å². The summed E-state index contributed by atoms with van der Waals surface area (Å²) < 4.78 is 19.0. The molecule has 1 aromatic carbocycles. The third-order valence-electron chi connectivity index (χ3n) is 1.26. The van der Waals surface area contributed by atoms with Crippen LogP contribution in [0.15, 0.2) is 24.3 Å². The van der Waals surface area contributed by atoms with Crippen molar-refractivity contribution in [3.8, 4) is 5.75 Å². The summed E-state index contributed by atoms with van der Waals surface area (Å²) in [6, 6.07) is 6.83. The summed E-state index contributed by atoms with van der Waals surface area (Å²) in [5, 5.41) is 0. The molecule has 1 unspecified atom stereocenters. The highest BCUT2D eigenvalue weighted by molar-refractivity contribution is 7.40. The number of benzene rings is 1. The molecule has 0 aliphatic heterocycles. The van der Waals surface area contributed by atoms with Crippen LogP contribution in [0.2, 0.25) is 0 Å². The van der Waals surface area contributed by atoms with Gasteiger partial charge < -0.3 is 9.42 Å². The van der Waals surface area contributed by atoms with Gasteiger partial charge in [-0.25, -0.2) is 0 Å². The molecule has 0 aromatic heterocycles. The number of hydrogen-bond acceptors (Lipinski definition) is 3. The van der Waals surface area contributed by atoms with Crippen LogP contribution in [-0.2, 0) is 4.73 Å². The van der Waals surface area contributed by atoms with Crippen molar-refractivity contribution < 1.29 is 18.7 Å². The van der Waals surface area contributed by atoms with E-state index in [1.807, 2.05) is 6.92 Å². The summed E-state index contributed by atoms with van der Waals surface area (Å²) >= 11 is 0. The average molecular weight is 190 g/mol. The summed E-state index contributed by atoms with van der Waals surface area (Å²) in [6.07, 6.45) is 0. The van der Waals surface area contributed by atoms with Gasteiger partial charge in [0.1, 0.15) is 5.75 Å². The second kappa shape index (κ2) is 4.36. The van der Waals surface area contributed by atoms with Crippen molar-refractivity contribution in [2.24, 2.45) is 0 Å². The highest BCUT2D eigenvalue weighted by Crippen LogP contribution is 2.34. The third kappa shape index (κ3) is 2.74. The highest BCUT2D eigenvalue weighted by atomic mass is 31.2. The largest absolute Gasteiger partial charge is 0.428 e. The molecule has 1 N–H and O–H groups in total. The summed E-state index contributed by atoms with van der Waals surface area (Å²) in [4.78, 5) is 8.63. The summed E-state index contributed by atoms with van der Waals surface area (Å²) in [5.41, 5.74) is 1.06. The lowest BCUT2D eigenvalue weighted by Gasteiger charge is -2.05. The zero-order chi connectivity index (χ0) is 8.97. The molecule has 1 aromatic rings. The van der Waals surface area contributed by atoms with Crippen LogP contribution in [-0.4, -0.2) is 4.89 Å². The molecule has 0 amide bonds. The van der Waals surface area contributed by atoms with Crippen LogP contribution in [0, 0.1) is 6.92 Å². The van der Waals surface area contributed by atoms with Gasteiger partial charge in [-0.3, -0.25) is 0 Å². The first-order valence-corrected chi connectivity index (χ1v) is 4.38. The molecule has 0 aliphatic rings. The molecule has 0 fully saturated rings. The van der Waals surface area contributed by atoms with Gasteiger partial charge in [0.2, 0.25) is 0 Å². The Morgan fingerprint density at radius 3 is 2.42 bits per heavy atom. The maximum Gasteiger partial charge on any atom is 0.428 e. The van der Waals surface area contributed by atoms with Crippen molar-refractivity contribution in [1.29, 1.82) is 0 Å². The Bertz CT molecular complexity index is 239. The van der Waals surface area contributed by atoms with Gasteiger partial charge >= 0.3 is 8.60 Å². The van der Waals surface area contributed by atoms with E-state index in [2.05, 4.69) is 9.25 Å². The minimum atomic E-state index is -2.43. The van der Waals surface area contributed by atoms with E-state index >= 15 is 0 Å². The number of hydrogen-bond donors (Lipinski definition) is 1. The molecule has 3 nitrogen and oxygen atoms in total. The Labute approximate surface area is 70.6 Å². The maximum atomic E-state index is 11.3. The molecule has 12 heavy (non-hydrogen) atoms. The van der Waals surface area contributed by atoms with Crippen molar-refractivity contribution in [3.63, 3.8) is 0 Å². The van der Waals surface area contributed by atoms with Gasteiger partial charge in [-0.05, 0) is 23.6 Å². The number of rotatable bonds is 3. The average Bonchev–Trinajstić information content (AvgIpc) is 2.09. The molecular formula is C7H8FO3P. The lowest BCUT2D eigenvalue weighted by atomic mass is 10.2. The molecule has 0 heterocycles. The van der Waals surface area contributed by atoms with E-state index in [1.165, 1.54) is 0 Å². The third-order valence-corrected chi connectivity index (χ3v) is 1.75.